The molecule has 0 atom stereocenters. The zero-order chi connectivity index (χ0) is 7.68. The fourth-order valence-electron chi connectivity index (χ4n) is 0.916. The third-order valence-electron chi connectivity index (χ3n) is 1.67. The first-order chi connectivity index (χ1) is 5.40. The number of aromatic nitrogens is 2. The molecule has 58 valence electrons. The molecule has 1 aromatic rings. The summed E-state index contributed by atoms with van der Waals surface area (Å²) in [6.45, 7) is 0. The summed E-state index contributed by atoms with van der Waals surface area (Å²) in [6.07, 6.45) is 3.78. The Kier molecular flexibility index (Phi) is 1.69. The molecule has 1 saturated carbocycles. The molecule has 0 aliphatic heterocycles. The lowest BCUT2D eigenvalue weighted by atomic mass is 10.5. The molecule has 0 amide bonds. The second-order valence-electron chi connectivity index (χ2n) is 2.68. The fraction of sp³-hybridized carbons (Fsp3) is 0.571. The maximum atomic E-state index is 10.1. The molecular formula is C7H8N2OS. The summed E-state index contributed by atoms with van der Waals surface area (Å²) in [7, 11) is 0. The van der Waals surface area contributed by atoms with Crippen LogP contribution in [0.15, 0.2) is 0 Å². The largest absolute Gasteiger partial charge is 0.303 e. The van der Waals surface area contributed by atoms with Gasteiger partial charge in [-0.05, 0) is 12.8 Å². The first-order valence-electron chi connectivity index (χ1n) is 3.66. The lowest BCUT2D eigenvalue weighted by Crippen LogP contribution is -1.82. The summed E-state index contributed by atoms with van der Waals surface area (Å²) in [4.78, 5) is 10.1. The second-order valence-corrected chi connectivity index (χ2v) is 3.77. The summed E-state index contributed by atoms with van der Waals surface area (Å²) < 4.78 is 0. The van der Waals surface area contributed by atoms with Crippen LogP contribution in [0.5, 0.6) is 0 Å². The van der Waals surface area contributed by atoms with Gasteiger partial charge in [-0.25, -0.2) is 0 Å². The van der Waals surface area contributed by atoms with Crippen LogP contribution in [0.4, 0.5) is 0 Å². The van der Waals surface area contributed by atoms with Gasteiger partial charge in [0.1, 0.15) is 16.3 Å². The van der Waals surface area contributed by atoms with Crippen molar-refractivity contribution in [1.29, 1.82) is 0 Å². The second kappa shape index (κ2) is 2.70. The van der Waals surface area contributed by atoms with Crippen molar-refractivity contribution in [2.45, 2.75) is 25.2 Å². The van der Waals surface area contributed by atoms with Crippen molar-refractivity contribution in [2.24, 2.45) is 0 Å². The molecule has 1 fully saturated rings. The van der Waals surface area contributed by atoms with Gasteiger partial charge >= 0.3 is 0 Å². The van der Waals surface area contributed by atoms with Crippen LogP contribution in [0.1, 0.15) is 28.8 Å². The van der Waals surface area contributed by atoms with E-state index in [1.165, 1.54) is 12.8 Å². The van der Waals surface area contributed by atoms with Crippen LogP contribution in [0.3, 0.4) is 0 Å². The first kappa shape index (κ1) is 6.91. The van der Waals surface area contributed by atoms with Crippen molar-refractivity contribution in [3.8, 4) is 0 Å². The van der Waals surface area contributed by atoms with Crippen LogP contribution >= 0.6 is 11.3 Å². The predicted octanol–water partition coefficient (Wildman–Crippen LogP) is 1.16. The minimum Gasteiger partial charge on any atom is -0.303 e. The Balaban J connectivity index is 2.11. The minimum absolute atomic E-state index is 0.421. The molecule has 1 aromatic heterocycles. The first-order valence-corrected chi connectivity index (χ1v) is 4.47. The normalized spacial score (nSPS) is 16.7. The standard InChI is InChI=1S/C7H8N2OS/c10-4-3-6-8-9-7(11-6)5-1-2-5/h4-5H,1-3H2. The summed E-state index contributed by atoms with van der Waals surface area (Å²) >= 11 is 1.57. The van der Waals surface area contributed by atoms with Crippen LogP contribution < -0.4 is 0 Å². The zero-order valence-electron chi connectivity index (χ0n) is 5.99. The van der Waals surface area contributed by atoms with Gasteiger partial charge in [0, 0.05) is 5.92 Å². The van der Waals surface area contributed by atoms with E-state index in [2.05, 4.69) is 10.2 Å². The lowest BCUT2D eigenvalue weighted by molar-refractivity contribution is -0.107. The Morgan fingerprint density at radius 3 is 3.00 bits per heavy atom. The molecule has 0 aromatic carbocycles. The zero-order valence-corrected chi connectivity index (χ0v) is 6.80. The monoisotopic (exact) mass is 168 g/mol. The SMILES string of the molecule is O=CCc1nnc(C2CC2)s1. The van der Waals surface area contributed by atoms with Gasteiger partial charge in [-0.3, -0.25) is 0 Å². The van der Waals surface area contributed by atoms with Gasteiger partial charge in [0.15, 0.2) is 0 Å². The number of hydrogen-bond acceptors (Lipinski definition) is 4. The van der Waals surface area contributed by atoms with Crippen molar-refractivity contribution in [3.63, 3.8) is 0 Å². The fourth-order valence-corrected chi connectivity index (χ4v) is 1.87. The Labute approximate surface area is 68.5 Å². The maximum absolute atomic E-state index is 10.1. The van der Waals surface area contributed by atoms with Crippen LogP contribution in [0.2, 0.25) is 0 Å². The Morgan fingerprint density at radius 2 is 2.36 bits per heavy atom. The van der Waals surface area contributed by atoms with Crippen molar-refractivity contribution in [3.05, 3.63) is 10.0 Å². The van der Waals surface area contributed by atoms with Gasteiger partial charge < -0.3 is 4.79 Å². The number of nitrogens with zero attached hydrogens (tertiary/aromatic N) is 2. The summed E-state index contributed by atoms with van der Waals surface area (Å²) in [5.74, 6) is 0.660. The van der Waals surface area contributed by atoms with E-state index >= 15 is 0 Å². The van der Waals surface area contributed by atoms with Gasteiger partial charge in [0.05, 0.1) is 6.42 Å². The van der Waals surface area contributed by atoms with E-state index in [-0.39, 0.29) is 0 Å². The number of rotatable bonds is 3. The Hall–Kier alpha value is -0.770. The van der Waals surface area contributed by atoms with Gasteiger partial charge in [-0.2, -0.15) is 0 Å². The average molecular weight is 168 g/mol. The smallest absolute Gasteiger partial charge is 0.126 e. The minimum atomic E-state index is 0.421. The van der Waals surface area contributed by atoms with Crippen molar-refractivity contribution >= 4 is 17.6 Å². The molecule has 0 spiro atoms. The highest BCUT2D eigenvalue weighted by molar-refractivity contribution is 7.11. The van der Waals surface area contributed by atoms with E-state index in [1.807, 2.05) is 0 Å². The number of carbonyl (C=O) groups excluding carboxylic acids is 1. The van der Waals surface area contributed by atoms with Crippen LogP contribution in [-0.2, 0) is 11.2 Å². The summed E-state index contributed by atoms with van der Waals surface area (Å²) in [5.41, 5.74) is 0. The topological polar surface area (TPSA) is 42.9 Å². The summed E-state index contributed by atoms with van der Waals surface area (Å²) in [5, 5.41) is 9.87. The molecular weight excluding hydrogens is 160 g/mol. The maximum Gasteiger partial charge on any atom is 0.126 e. The summed E-state index contributed by atoms with van der Waals surface area (Å²) in [6, 6.07) is 0. The highest BCUT2D eigenvalue weighted by atomic mass is 32.1. The van der Waals surface area contributed by atoms with E-state index in [0.29, 0.717) is 12.3 Å². The third kappa shape index (κ3) is 1.45. The third-order valence-corrected chi connectivity index (χ3v) is 2.78. The van der Waals surface area contributed by atoms with Crippen LogP contribution in [0, 0.1) is 0 Å². The molecule has 4 heteroatoms. The molecule has 0 radical (unpaired) electrons. The average Bonchev–Trinajstić information content (AvgIpc) is 2.75. The van der Waals surface area contributed by atoms with Crippen molar-refractivity contribution in [2.75, 3.05) is 0 Å². The van der Waals surface area contributed by atoms with Crippen LogP contribution in [0.25, 0.3) is 0 Å². The molecule has 0 unspecified atom stereocenters. The number of hydrogen-bond donors (Lipinski definition) is 0. The van der Waals surface area contributed by atoms with E-state index in [1.54, 1.807) is 11.3 Å². The molecule has 2 rings (SSSR count). The van der Waals surface area contributed by atoms with E-state index < -0.39 is 0 Å². The van der Waals surface area contributed by atoms with Gasteiger partial charge in [0.25, 0.3) is 0 Å². The lowest BCUT2D eigenvalue weighted by Gasteiger charge is -1.80. The van der Waals surface area contributed by atoms with Crippen molar-refractivity contribution < 1.29 is 4.79 Å². The highest BCUT2D eigenvalue weighted by Gasteiger charge is 2.27. The number of carbonyl (C=O) groups is 1. The highest BCUT2D eigenvalue weighted by Crippen LogP contribution is 2.41. The van der Waals surface area contributed by atoms with Gasteiger partial charge in [-0.1, -0.05) is 0 Å². The van der Waals surface area contributed by atoms with E-state index in [4.69, 9.17) is 0 Å². The van der Waals surface area contributed by atoms with E-state index in [9.17, 15) is 4.79 Å². The molecule has 11 heavy (non-hydrogen) atoms. The molecule has 3 nitrogen and oxygen atoms in total. The van der Waals surface area contributed by atoms with Crippen molar-refractivity contribution in [1.82, 2.24) is 10.2 Å². The molecule has 1 heterocycles. The van der Waals surface area contributed by atoms with Gasteiger partial charge in [-0.15, -0.1) is 21.5 Å². The Morgan fingerprint density at radius 1 is 1.55 bits per heavy atom. The van der Waals surface area contributed by atoms with Gasteiger partial charge in [0.2, 0.25) is 0 Å². The van der Waals surface area contributed by atoms with E-state index in [0.717, 1.165) is 16.3 Å². The molecule has 0 N–H and O–H groups in total. The quantitative estimate of drug-likeness (QED) is 0.636. The number of aldehydes is 1. The van der Waals surface area contributed by atoms with Crippen LogP contribution in [-0.4, -0.2) is 16.5 Å². The molecule has 0 bridgehead atoms. The predicted molar refractivity (Wildman–Crippen MR) is 41.7 cm³/mol. The Bertz CT molecular complexity index is 267. The molecule has 1 aliphatic carbocycles. The molecule has 0 saturated heterocycles. The molecule has 1 aliphatic rings.